The van der Waals surface area contributed by atoms with Gasteiger partial charge in [0, 0.05) is 6.04 Å². The minimum atomic E-state index is 0.552. The maximum Gasteiger partial charge on any atom is 0.119 e. The van der Waals surface area contributed by atoms with Gasteiger partial charge in [-0.2, -0.15) is 0 Å². The van der Waals surface area contributed by atoms with Gasteiger partial charge in [0.25, 0.3) is 0 Å². The molecule has 1 fully saturated rings. The van der Waals surface area contributed by atoms with Crippen molar-refractivity contribution in [3.05, 3.63) is 29.3 Å². The van der Waals surface area contributed by atoms with E-state index in [4.69, 9.17) is 4.74 Å². The quantitative estimate of drug-likeness (QED) is 0.870. The van der Waals surface area contributed by atoms with E-state index in [0.29, 0.717) is 6.04 Å². The molecule has 2 unspecified atom stereocenters. The Labute approximate surface area is 116 Å². The van der Waals surface area contributed by atoms with Gasteiger partial charge in [-0.25, -0.2) is 0 Å². The maximum absolute atomic E-state index is 5.33. The van der Waals surface area contributed by atoms with Crippen molar-refractivity contribution in [1.82, 2.24) is 5.32 Å². The number of hydrogen-bond acceptors (Lipinski definition) is 2. The highest BCUT2D eigenvalue weighted by atomic mass is 16.5. The number of benzene rings is 1. The molecule has 0 heterocycles. The fourth-order valence-electron chi connectivity index (χ4n) is 3.29. The van der Waals surface area contributed by atoms with Crippen LogP contribution in [0.3, 0.4) is 0 Å². The fraction of sp³-hybridized carbons (Fsp3) is 0.647. The predicted octanol–water partition coefficient (Wildman–Crippen LogP) is 3.71. The van der Waals surface area contributed by atoms with Gasteiger partial charge >= 0.3 is 0 Å². The molecule has 19 heavy (non-hydrogen) atoms. The number of aryl methyl sites for hydroxylation is 1. The summed E-state index contributed by atoms with van der Waals surface area (Å²) in [5, 5.41) is 3.80. The van der Waals surface area contributed by atoms with Gasteiger partial charge in [-0.1, -0.05) is 13.0 Å². The van der Waals surface area contributed by atoms with E-state index in [1.165, 1.54) is 49.8 Å². The Kier molecular flexibility index (Phi) is 3.79. The lowest BCUT2D eigenvalue weighted by Gasteiger charge is -2.28. The molecule has 0 bridgehead atoms. The molecular formula is C17H25NO. The Morgan fingerprint density at radius 2 is 2.16 bits per heavy atom. The molecule has 0 radical (unpaired) electrons. The molecule has 0 aliphatic heterocycles. The first-order valence-corrected chi connectivity index (χ1v) is 7.68. The molecule has 1 aromatic carbocycles. The van der Waals surface area contributed by atoms with Crippen molar-refractivity contribution in [2.24, 2.45) is 11.8 Å². The molecule has 1 aromatic rings. The second-order valence-corrected chi connectivity index (χ2v) is 6.23. The van der Waals surface area contributed by atoms with Crippen molar-refractivity contribution < 1.29 is 4.74 Å². The average Bonchev–Trinajstić information content (AvgIpc) is 3.28. The molecule has 2 nitrogen and oxygen atoms in total. The number of ether oxygens (including phenoxy) is 1. The zero-order valence-corrected chi connectivity index (χ0v) is 12.1. The lowest BCUT2D eigenvalue weighted by Crippen LogP contribution is -2.29. The van der Waals surface area contributed by atoms with Crippen molar-refractivity contribution >= 4 is 0 Å². The summed E-state index contributed by atoms with van der Waals surface area (Å²) >= 11 is 0. The molecular weight excluding hydrogens is 234 g/mol. The van der Waals surface area contributed by atoms with E-state index in [0.717, 1.165) is 17.6 Å². The van der Waals surface area contributed by atoms with Crippen LogP contribution >= 0.6 is 0 Å². The van der Waals surface area contributed by atoms with Crippen LogP contribution in [-0.2, 0) is 6.42 Å². The van der Waals surface area contributed by atoms with E-state index < -0.39 is 0 Å². The zero-order chi connectivity index (χ0) is 13.2. The van der Waals surface area contributed by atoms with Gasteiger partial charge in [-0.15, -0.1) is 0 Å². The van der Waals surface area contributed by atoms with Gasteiger partial charge in [0.2, 0.25) is 0 Å². The van der Waals surface area contributed by atoms with E-state index in [1.54, 1.807) is 7.11 Å². The highest BCUT2D eigenvalue weighted by Gasteiger charge is 2.28. The Balaban J connectivity index is 1.67. The Hall–Kier alpha value is -1.02. The summed E-state index contributed by atoms with van der Waals surface area (Å²) in [7, 11) is 1.75. The molecule has 2 atom stereocenters. The molecule has 0 amide bonds. The summed E-state index contributed by atoms with van der Waals surface area (Å²) in [6.45, 7) is 3.56. The Morgan fingerprint density at radius 1 is 1.32 bits per heavy atom. The summed E-state index contributed by atoms with van der Waals surface area (Å²) in [6, 6.07) is 7.12. The largest absolute Gasteiger partial charge is 0.497 e. The van der Waals surface area contributed by atoms with Gasteiger partial charge in [-0.3, -0.25) is 0 Å². The lowest BCUT2D eigenvalue weighted by atomic mass is 9.87. The molecule has 1 saturated carbocycles. The maximum atomic E-state index is 5.33. The van der Waals surface area contributed by atoms with Crippen LogP contribution in [0.5, 0.6) is 5.75 Å². The van der Waals surface area contributed by atoms with E-state index in [1.807, 2.05) is 0 Å². The van der Waals surface area contributed by atoms with Crippen LogP contribution in [0, 0.1) is 11.8 Å². The summed E-state index contributed by atoms with van der Waals surface area (Å²) in [5.41, 5.74) is 2.97. The van der Waals surface area contributed by atoms with Crippen LogP contribution in [0.2, 0.25) is 0 Å². The van der Waals surface area contributed by atoms with Crippen LogP contribution in [0.4, 0.5) is 0 Å². The number of fused-ring (bicyclic) bond motifs is 1. The summed E-state index contributed by atoms with van der Waals surface area (Å²) in [6.07, 6.45) is 6.65. The fourth-order valence-corrected chi connectivity index (χ4v) is 3.29. The Morgan fingerprint density at radius 3 is 2.89 bits per heavy atom. The number of hydrogen-bond donors (Lipinski definition) is 1. The zero-order valence-electron chi connectivity index (χ0n) is 12.1. The van der Waals surface area contributed by atoms with Crippen molar-refractivity contribution in [1.29, 1.82) is 0 Å². The number of nitrogens with one attached hydrogen (secondary N) is 1. The number of methoxy groups -OCH3 is 1. The highest BCUT2D eigenvalue weighted by Crippen LogP contribution is 2.37. The second-order valence-electron chi connectivity index (χ2n) is 6.23. The molecule has 1 N–H and O–H groups in total. The van der Waals surface area contributed by atoms with Crippen LogP contribution in [0.15, 0.2) is 18.2 Å². The van der Waals surface area contributed by atoms with Gasteiger partial charge in [0.05, 0.1) is 7.11 Å². The van der Waals surface area contributed by atoms with Gasteiger partial charge < -0.3 is 10.1 Å². The molecule has 0 saturated heterocycles. The average molecular weight is 259 g/mol. The van der Waals surface area contributed by atoms with Crippen molar-refractivity contribution in [3.8, 4) is 5.75 Å². The molecule has 0 aromatic heterocycles. The molecule has 3 rings (SSSR count). The van der Waals surface area contributed by atoms with Gasteiger partial charge in [0.1, 0.15) is 5.75 Å². The van der Waals surface area contributed by atoms with E-state index in [9.17, 15) is 0 Å². The minimum Gasteiger partial charge on any atom is -0.497 e. The predicted molar refractivity (Wildman–Crippen MR) is 78.6 cm³/mol. The van der Waals surface area contributed by atoms with Crippen molar-refractivity contribution in [3.63, 3.8) is 0 Å². The molecule has 104 valence electrons. The van der Waals surface area contributed by atoms with E-state index >= 15 is 0 Å². The third-order valence-electron chi connectivity index (χ3n) is 4.78. The Bertz CT molecular complexity index is 439. The third kappa shape index (κ3) is 2.94. The summed E-state index contributed by atoms with van der Waals surface area (Å²) in [4.78, 5) is 0. The van der Waals surface area contributed by atoms with Gasteiger partial charge in [-0.05, 0) is 73.7 Å². The monoisotopic (exact) mass is 259 g/mol. The van der Waals surface area contributed by atoms with Crippen LogP contribution in [0.25, 0.3) is 0 Å². The van der Waals surface area contributed by atoms with E-state index in [-0.39, 0.29) is 0 Å². The first kappa shape index (κ1) is 13.0. The van der Waals surface area contributed by atoms with Crippen molar-refractivity contribution in [2.45, 2.75) is 45.1 Å². The van der Waals surface area contributed by atoms with Crippen LogP contribution in [-0.4, -0.2) is 13.7 Å². The topological polar surface area (TPSA) is 21.3 Å². The first-order valence-electron chi connectivity index (χ1n) is 7.68. The van der Waals surface area contributed by atoms with Crippen LogP contribution in [0.1, 0.15) is 49.8 Å². The first-order chi connectivity index (χ1) is 9.28. The SMILES string of the molecule is COc1ccc2c(c1)CCCC2NCC(C)C1CC1. The molecule has 2 aliphatic rings. The number of rotatable bonds is 5. The smallest absolute Gasteiger partial charge is 0.119 e. The standard InChI is InChI=1S/C17H25NO/c1-12(13-6-7-13)11-18-17-5-3-4-14-10-15(19-2)8-9-16(14)17/h8-10,12-13,17-18H,3-7,11H2,1-2H3. The van der Waals surface area contributed by atoms with Crippen molar-refractivity contribution in [2.75, 3.05) is 13.7 Å². The summed E-state index contributed by atoms with van der Waals surface area (Å²) < 4.78 is 5.33. The second kappa shape index (κ2) is 5.54. The third-order valence-corrected chi connectivity index (χ3v) is 4.78. The molecule has 2 heteroatoms. The van der Waals surface area contributed by atoms with Crippen LogP contribution < -0.4 is 10.1 Å². The normalized spacial score (nSPS) is 23.8. The summed E-state index contributed by atoms with van der Waals surface area (Å²) in [5.74, 6) is 2.82. The van der Waals surface area contributed by atoms with E-state index in [2.05, 4.69) is 30.4 Å². The minimum absolute atomic E-state index is 0.552. The molecule has 2 aliphatic carbocycles. The van der Waals surface area contributed by atoms with Gasteiger partial charge in [0.15, 0.2) is 0 Å². The highest BCUT2D eigenvalue weighted by molar-refractivity contribution is 5.39. The molecule has 0 spiro atoms. The lowest BCUT2D eigenvalue weighted by molar-refractivity contribution is 0.388.